The van der Waals surface area contributed by atoms with Crippen LogP contribution in [0.5, 0.6) is 11.5 Å². The summed E-state index contributed by atoms with van der Waals surface area (Å²) in [5.74, 6) is 2.19. The van der Waals surface area contributed by atoms with Gasteiger partial charge < -0.3 is 29.5 Å². The Hall–Kier alpha value is -3.73. The van der Waals surface area contributed by atoms with Gasteiger partial charge in [0.05, 0.1) is 6.26 Å². The van der Waals surface area contributed by atoms with Gasteiger partial charge in [0.25, 0.3) is 0 Å². The van der Waals surface area contributed by atoms with E-state index in [-0.39, 0.29) is 12.7 Å². The van der Waals surface area contributed by atoms with E-state index in [1.807, 2.05) is 28.8 Å². The largest absolute Gasteiger partial charge is 0.464 e. The van der Waals surface area contributed by atoms with Crippen molar-refractivity contribution in [2.24, 2.45) is 0 Å². The van der Waals surface area contributed by atoms with E-state index >= 15 is 0 Å². The zero-order valence-electron chi connectivity index (χ0n) is 16.5. The molecule has 0 spiro atoms. The van der Waals surface area contributed by atoms with Crippen molar-refractivity contribution in [1.29, 1.82) is 0 Å². The van der Waals surface area contributed by atoms with Gasteiger partial charge in [-0.1, -0.05) is 11.8 Å². The molecule has 0 saturated carbocycles. The maximum absolute atomic E-state index is 11.3. The highest BCUT2D eigenvalue weighted by atomic mass is 32.2. The Morgan fingerprint density at radius 3 is 2.90 bits per heavy atom. The summed E-state index contributed by atoms with van der Waals surface area (Å²) in [4.78, 5) is 25.3. The number of fused-ring (bicyclic) bond motifs is 2. The molecule has 11 heteroatoms. The van der Waals surface area contributed by atoms with Gasteiger partial charge in [-0.3, -0.25) is 4.79 Å². The predicted octanol–water partition coefficient (Wildman–Crippen LogP) is 2.68. The maximum atomic E-state index is 11.3. The van der Waals surface area contributed by atoms with Gasteiger partial charge in [0, 0.05) is 30.5 Å². The third kappa shape index (κ3) is 3.63. The Morgan fingerprint density at radius 1 is 1.29 bits per heavy atom. The first-order chi connectivity index (χ1) is 15.1. The Bertz CT molecular complexity index is 1270. The van der Waals surface area contributed by atoms with Crippen LogP contribution in [0.2, 0.25) is 0 Å². The van der Waals surface area contributed by atoms with Crippen LogP contribution in [0.15, 0.2) is 51.3 Å². The van der Waals surface area contributed by atoms with Crippen LogP contribution in [0.25, 0.3) is 22.5 Å². The lowest BCUT2D eigenvalue weighted by Gasteiger charge is -2.11. The number of amides is 1. The van der Waals surface area contributed by atoms with Crippen molar-refractivity contribution in [3.63, 3.8) is 0 Å². The van der Waals surface area contributed by atoms with Gasteiger partial charge in [0.15, 0.2) is 33.6 Å². The zero-order chi connectivity index (χ0) is 21.4. The zero-order valence-corrected chi connectivity index (χ0v) is 17.3. The van der Waals surface area contributed by atoms with Crippen molar-refractivity contribution in [3.8, 4) is 22.8 Å². The molecular formula is C20H18N6O4S. The van der Waals surface area contributed by atoms with Crippen molar-refractivity contribution in [3.05, 3.63) is 36.9 Å². The number of nitrogens with zero attached hydrogens (tertiary/aromatic N) is 4. The second-order valence-corrected chi connectivity index (χ2v) is 7.75. The predicted molar refractivity (Wildman–Crippen MR) is 113 cm³/mol. The van der Waals surface area contributed by atoms with Crippen molar-refractivity contribution in [2.75, 3.05) is 19.1 Å². The van der Waals surface area contributed by atoms with E-state index in [9.17, 15) is 4.79 Å². The minimum atomic E-state index is -0.108. The summed E-state index contributed by atoms with van der Waals surface area (Å²) in [5, 5.41) is 3.45. The first-order valence-electron chi connectivity index (χ1n) is 9.46. The molecule has 1 aliphatic heterocycles. The molecule has 3 aromatic heterocycles. The van der Waals surface area contributed by atoms with Crippen LogP contribution in [0, 0.1) is 0 Å². The molecule has 1 amide bonds. The molecule has 3 N–H and O–H groups in total. The number of imidazole rings is 1. The number of benzene rings is 1. The molecule has 0 saturated heterocycles. The average Bonchev–Trinajstić information content (AvgIpc) is 3.48. The summed E-state index contributed by atoms with van der Waals surface area (Å²) in [7, 11) is 0. The first kappa shape index (κ1) is 19.2. The smallest absolute Gasteiger partial charge is 0.231 e. The lowest BCUT2D eigenvalue weighted by atomic mass is 10.1. The molecule has 1 aromatic carbocycles. The molecule has 0 bridgehead atoms. The number of aromatic nitrogens is 4. The minimum absolute atomic E-state index is 0.108. The summed E-state index contributed by atoms with van der Waals surface area (Å²) in [6, 6.07) is 7.50. The Kier molecular flexibility index (Phi) is 4.86. The van der Waals surface area contributed by atoms with E-state index in [1.165, 1.54) is 25.0 Å². The lowest BCUT2D eigenvalue weighted by molar-refractivity contribution is -0.118. The van der Waals surface area contributed by atoms with Crippen molar-refractivity contribution >= 4 is 34.7 Å². The molecule has 0 unspecified atom stereocenters. The fraction of sp³-hybridized carbons (Fsp3) is 0.200. The number of rotatable bonds is 6. The van der Waals surface area contributed by atoms with Gasteiger partial charge >= 0.3 is 0 Å². The molecular weight excluding hydrogens is 420 g/mol. The van der Waals surface area contributed by atoms with Crippen LogP contribution in [0.4, 0.5) is 5.82 Å². The van der Waals surface area contributed by atoms with Gasteiger partial charge in [0.1, 0.15) is 12.1 Å². The molecule has 31 heavy (non-hydrogen) atoms. The second kappa shape index (κ2) is 7.84. The third-order valence-electron chi connectivity index (χ3n) is 4.70. The highest BCUT2D eigenvalue weighted by Crippen LogP contribution is 2.45. The first-order valence-corrected chi connectivity index (χ1v) is 10.3. The number of hydrogen-bond donors (Lipinski definition) is 2. The number of furan rings is 1. The van der Waals surface area contributed by atoms with Crippen molar-refractivity contribution < 1.29 is 18.7 Å². The van der Waals surface area contributed by atoms with Gasteiger partial charge in [0.2, 0.25) is 12.7 Å². The number of hydrogen-bond acceptors (Lipinski definition) is 9. The Labute approximate surface area is 180 Å². The SMILES string of the molecule is CC(=O)NCCn1c(Sc2cc3c(cc2-c2ccco2)OCO3)nc2c(N)ncnc21. The lowest BCUT2D eigenvalue weighted by Crippen LogP contribution is -2.24. The number of nitrogen functional groups attached to an aromatic ring is 1. The van der Waals surface area contributed by atoms with Crippen molar-refractivity contribution in [2.45, 2.75) is 23.5 Å². The Balaban J connectivity index is 1.59. The summed E-state index contributed by atoms with van der Waals surface area (Å²) in [5.41, 5.74) is 7.98. The number of anilines is 1. The van der Waals surface area contributed by atoms with E-state index in [0.29, 0.717) is 52.5 Å². The molecule has 10 nitrogen and oxygen atoms in total. The van der Waals surface area contributed by atoms with Crippen LogP contribution < -0.4 is 20.5 Å². The molecule has 1 aliphatic rings. The van der Waals surface area contributed by atoms with Crippen LogP contribution in [0.3, 0.4) is 0 Å². The quantitative estimate of drug-likeness (QED) is 0.466. The summed E-state index contributed by atoms with van der Waals surface area (Å²) < 4.78 is 18.6. The van der Waals surface area contributed by atoms with Gasteiger partial charge in [-0.2, -0.15) is 0 Å². The second-order valence-electron chi connectivity index (χ2n) is 6.74. The third-order valence-corrected chi connectivity index (χ3v) is 5.75. The Morgan fingerprint density at radius 2 is 2.13 bits per heavy atom. The van der Waals surface area contributed by atoms with E-state index in [4.69, 9.17) is 19.6 Å². The average molecular weight is 438 g/mol. The normalized spacial score (nSPS) is 12.4. The molecule has 5 rings (SSSR count). The number of ether oxygens (including phenoxy) is 2. The highest BCUT2D eigenvalue weighted by molar-refractivity contribution is 7.99. The number of nitrogens with two attached hydrogens (primary N) is 1. The molecule has 4 heterocycles. The molecule has 0 aliphatic carbocycles. The molecule has 0 radical (unpaired) electrons. The summed E-state index contributed by atoms with van der Waals surface area (Å²) in [6.45, 7) is 2.53. The van der Waals surface area contributed by atoms with E-state index < -0.39 is 0 Å². The summed E-state index contributed by atoms with van der Waals surface area (Å²) in [6.07, 6.45) is 3.02. The van der Waals surface area contributed by atoms with Crippen LogP contribution in [0.1, 0.15) is 6.92 Å². The molecule has 0 fully saturated rings. The van der Waals surface area contributed by atoms with Gasteiger partial charge in [-0.25, -0.2) is 15.0 Å². The van der Waals surface area contributed by atoms with E-state index in [1.54, 1.807) is 6.26 Å². The fourth-order valence-corrected chi connectivity index (χ4v) is 4.34. The van der Waals surface area contributed by atoms with Gasteiger partial charge in [-0.05, 0) is 24.3 Å². The highest BCUT2D eigenvalue weighted by Gasteiger charge is 2.23. The maximum Gasteiger partial charge on any atom is 0.231 e. The van der Waals surface area contributed by atoms with Crippen molar-refractivity contribution in [1.82, 2.24) is 24.8 Å². The molecule has 4 aromatic rings. The number of nitrogens with one attached hydrogen (secondary N) is 1. The van der Waals surface area contributed by atoms with Crippen LogP contribution in [-0.4, -0.2) is 38.8 Å². The summed E-state index contributed by atoms with van der Waals surface area (Å²) >= 11 is 1.42. The number of carbonyl (C=O) groups is 1. The fourth-order valence-electron chi connectivity index (χ4n) is 3.29. The minimum Gasteiger partial charge on any atom is -0.464 e. The standard InChI is InChI=1S/C20H18N6O4S/c1-11(27)22-4-5-26-19-17(18(21)23-9-24-19)25-20(26)31-16-8-15-14(29-10-30-15)7-12(16)13-3-2-6-28-13/h2-3,6-9H,4-5,10H2,1H3,(H,22,27)(H2,21,23,24). The van der Waals surface area contributed by atoms with Gasteiger partial charge in [-0.15, -0.1) is 0 Å². The molecule has 158 valence electrons. The molecule has 0 atom stereocenters. The van der Waals surface area contributed by atoms with Crippen LogP contribution in [-0.2, 0) is 11.3 Å². The monoisotopic (exact) mass is 438 g/mol. The topological polar surface area (TPSA) is 130 Å². The number of carbonyl (C=O) groups excluding carboxylic acids is 1. The van der Waals surface area contributed by atoms with E-state index in [2.05, 4.69) is 20.3 Å². The van der Waals surface area contributed by atoms with Crippen LogP contribution >= 0.6 is 11.8 Å². The van der Waals surface area contributed by atoms with E-state index in [0.717, 1.165) is 10.5 Å².